The van der Waals surface area contributed by atoms with Crippen LogP contribution in [0.3, 0.4) is 0 Å². The Hall–Kier alpha value is -2.30. The summed E-state index contributed by atoms with van der Waals surface area (Å²) >= 11 is 0. The van der Waals surface area contributed by atoms with Crippen molar-refractivity contribution < 1.29 is 14.1 Å². The molecule has 0 radical (unpaired) electrons. The Labute approximate surface area is 117 Å². The largest absolute Gasteiger partial charge is 0.465 e. The van der Waals surface area contributed by atoms with Gasteiger partial charge in [0.05, 0.1) is 0 Å². The van der Waals surface area contributed by atoms with Crippen LogP contribution in [0.4, 0.5) is 5.69 Å². The SMILES string of the molecule is CCc1cccc(C)c1NC(=O)COc1cc(C)on1. The highest BCUT2D eigenvalue weighted by Gasteiger charge is 2.10. The highest BCUT2D eigenvalue weighted by molar-refractivity contribution is 5.93. The summed E-state index contributed by atoms with van der Waals surface area (Å²) in [6, 6.07) is 7.60. The van der Waals surface area contributed by atoms with Crippen LogP contribution in [0.15, 0.2) is 28.8 Å². The summed E-state index contributed by atoms with van der Waals surface area (Å²) in [6.07, 6.45) is 0.862. The van der Waals surface area contributed by atoms with E-state index in [-0.39, 0.29) is 12.5 Å². The van der Waals surface area contributed by atoms with E-state index in [1.54, 1.807) is 13.0 Å². The van der Waals surface area contributed by atoms with Gasteiger partial charge in [-0.25, -0.2) is 0 Å². The molecule has 1 aromatic heterocycles. The fourth-order valence-electron chi connectivity index (χ4n) is 1.93. The molecule has 1 amide bonds. The van der Waals surface area contributed by atoms with Crippen molar-refractivity contribution in [1.82, 2.24) is 5.16 Å². The Morgan fingerprint density at radius 1 is 1.40 bits per heavy atom. The summed E-state index contributed by atoms with van der Waals surface area (Å²) in [5.41, 5.74) is 3.01. The number of nitrogens with zero attached hydrogens (tertiary/aromatic N) is 1. The number of aromatic nitrogens is 1. The monoisotopic (exact) mass is 274 g/mol. The number of aryl methyl sites for hydroxylation is 3. The van der Waals surface area contributed by atoms with Crippen LogP contribution in [0.25, 0.3) is 0 Å². The van der Waals surface area contributed by atoms with Crippen molar-refractivity contribution in [2.24, 2.45) is 0 Å². The molecule has 2 rings (SSSR count). The molecule has 2 aromatic rings. The average Bonchev–Trinajstić information content (AvgIpc) is 2.84. The van der Waals surface area contributed by atoms with Gasteiger partial charge in [-0.05, 0) is 36.6 Å². The number of nitrogens with one attached hydrogen (secondary N) is 1. The third kappa shape index (κ3) is 3.38. The maximum Gasteiger partial charge on any atom is 0.262 e. The lowest BCUT2D eigenvalue weighted by molar-refractivity contribution is -0.118. The van der Waals surface area contributed by atoms with E-state index < -0.39 is 0 Å². The highest BCUT2D eigenvalue weighted by Crippen LogP contribution is 2.21. The predicted octanol–water partition coefficient (Wildman–Crippen LogP) is 2.87. The molecule has 0 spiro atoms. The fourth-order valence-corrected chi connectivity index (χ4v) is 1.93. The Balaban J connectivity index is 1.98. The van der Waals surface area contributed by atoms with Crippen molar-refractivity contribution in [1.29, 1.82) is 0 Å². The zero-order valence-electron chi connectivity index (χ0n) is 11.9. The molecule has 5 heteroatoms. The fraction of sp³-hybridized carbons (Fsp3) is 0.333. The van der Waals surface area contributed by atoms with Gasteiger partial charge in [-0.2, -0.15) is 0 Å². The Bertz CT molecular complexity index is 605. The van der Waals surface area contributed by atoms with Crippen molar-refractivity contribution in [2.45, 2.75) is 27.2 Å². The normalized spacial score (nSPS) is 10.3. The van der Waals surface area contributed by atoms with Crippen LogP contribution in [0, 0.1) is 13.8 Å². The van der Waals surface area contributed by atoms with Gasteiger partial charge in [-0.1, -0.05) is 25.1 Å². The second-order valence-electron chi connectivity index (χ2n) is 4.58. The van der Waals surface area contributed by atoms with Gasteiger partial charge in [0, 0.05) is 11.8 Å². The molecule has 1 heterocycles. The van der Waals surface area contributed by atoms with Crippen molar-refractivity contribution in [3.05, 3.63) is 41.2 Å². The zero-order chi connectivity index (χ0) is 14.5. The first-order valence-electron chi connectivity index (χ1n) is 6.54. The summed E-state index contributed by atoms with van der Waals surface area (Å²) in [5, 5.41) is 6.55. The van der Waals surface area contributed by atoms with Crippen LogP contribution >= 0.6 is 0 Å². The lowest BCUT2D eigenvalue weighted by Crippen LogP contribution is -2.21. The first-order valence-corrected chi connectivity index (χ1v) is 6.54. The van der Waals surface area contributed by atoms with Crippen LogP contribution < -0.4 is 10.1 Å². The summed E-state index contributed by atoms with van der Waals surface area (Å²) < 4.78 is 10.1. The molecular weight excluding hydrogens is 256 g/mol. The molecule has 20 heavy (non-hydrogen) atoms. The number of anilines is 1. The molecule has 0 saturated carbocycles. The summed E-state index contributed by atoms with van der Waals surface area (Å²) in [4.78, 5) is 11.9. The van der Waals surface area contributed by atoms with E-state index in [2.05, 4.69) is 17.4 Å². The lowest BCUT2D eigenvalue weighted by Gasteiger charge is -2.12. The van der Waals surface area contributed by atoms with E-state index in [0.717, 1.165) is 23.2 Å². The molecular formula is C15H18N2O3. The topological polar surface area (TPSA) is 64.4 Å². The van der Waals surface area contributed by atoms with Crippen molar-refractivity contribution in [3.8, 4) is 5.88 Å². The molecule has 1 N–H and O–H groups in total. The summed E-state index contributed by atoms with van der Waals surface area (Å²) in [5.74, 6) is 0.750. The van der Waals surface area contributed by atoms with Gasteiger partial charge in [0.1, 0.15) is 5.76 Å². The molecule has 106 valence electrons. The molecule has 0 aliphatic rings. The van der Waals surface area contributed by atoms with Crippen LogP contribution in [0.2, 0.25) is 0 Å². The van der Waals surface area contributed by atoms with Crippen molar-refractivity contribution in [3.63, 3.8) is 0 Å². The lowest BCUT2D eigenvalue weighted by atomic mass is 10.1. The minimum absolute atomic E-state index is 0.0938. The first-order chi connectivity index (χ1) is 9.60. The van der Waals surface area contributed by atoms with E-state index in [0.29, 0.717) is 11.6 Å². The van der Waals surface area contributed by atoms with Gasteiger partial charge in [-0.15, -0.1) is 0 Å². The Kier molecular flexibility index (Phi) is 4.40. The minimum atomic E-state index is -0.213. The molecule has 1 aromatic carbocycles. The number of carbonyl (C=O) groups is 1. The van der Waals surface area contributed by atoms with Gasteiger partial charge in [0.2, 0.25) is 0 Å². The first kappa shape index (κ1) is 14.1. The number of benzene rings is 1. The average molecular weight is 274 g/mol. The molecule has 0 aliphatic heterocycles. The van der Waals surface area contributed by atoms with Crippen LogP contribution in [-0.4, -0.2) is 17.7 Å². The third-order valence-electron chi connectivity index (χ3n) is 2.96. The quantitative estimate of drug-likeness (QED) is 0.910. The predicted molar refractivity (Wildman–Crippen MR) is 75.9 cm³/mol. The maximum absolute atomic E-state index is 11.9. The molecule has 0 aliphatic carbocycles. The van der Waals surface area contributed by atoms with E-state index >= 15 is 0 Å². The van der Waals surface area contributed by atoms with Gasteiger partial charge in [-0.3, -0.25) is 4.79 Å². The number of carbonyl (C=O) groups excluding carboxylic acids is 1. The number of rotatable bonds is 5. The second-order valence-corrected chi connectivity index (χ2v) is 4.58. The van der Waals surface area contributed by atoms with E-state index in [9.17, 15) is 4.79 Å². The number of para-hydroxylation sites is 1. The molecule has 0 fully saturated rings. The number of ether oxygens (including phenoxy) is 1. The Morgan fingerprint density at radius 2 is 2.20 bits per heavy atom. The molecule has 5 nitrogen and oxygen atoms in total. The smallest absolute Gasteiger partial charge is 0.262 e. The standard InChI is InChI=1S/C15H18N2O3/c1-4-12-7-5-6-10(2)15(12)16-13(18)9-19-14-8-11(3)20-17-14/h5-8H,4,9H2,1-3H3,(H,16,18). The van der Waals surface area contributed by atoms with Crippen LogP contribution in [0.5, 0.6) is 5.88 Å². The van der Waals surface area contributed by atoms with Gasteiger partial charge < -0.3 is 14.6 Å². The molecule has 0 saturated heterocycles. The summed E-state index contributed by atoms with van der Waals surface area (Å²) in [6.45, 7) is 5.69. The van der Waals surface area contributed by atoms with Crippen LogP contribution in [0.1, 0.15) is 23.8 Å². The highest BCUT2D eigenvalue weighted by atomic mass is 16.5. The van der Waals surface area contributed by atoms with E-state index in [1.165, 1.54) is 0 Å². The second kappa shape index (κ2) is 6.23. The van der Waals surface area contributed by atoms with Crippen molar-refractivity contribution >= 4 is 11.6 Å². The molecule has 0 unspecified atom stereocenters. The molecule has 0 atom stereocenters. The van der Waals surface area contributed by atoms with E-state index in [1.807, 2.05) is 25.1 Å². The maximum atomic E-state index is 11.9. The molecule has 0 bridgehead atoms. The van der Waals surface area contributed by atoms with Crippen LogP contribution in [-0.2, 0) is 11.2 Å². The number of hydrogen-bond donors (Lipinski definition) is 1. The van der Waals surface area contributed by atoms with Gasteiger partial charge in [0.25, 0.3) is 11.8 Å². The van der Waals surface area contributed by atoms with Crippen molar-refractivity contribution in [2.75, 3.05) is 11.9 Å². The van der Waals surface area contributed by atoms with E-state index in [4.69, 9.17) is 9.26 Å². The van der Waals surface area contributed by atoms with Gasteiger partial charge in [0.15, 0.2) is 6.61 Å². The zero-order valence-corrected chi connectivity index (χ0v) is 11.9. The Morgan fingerprint density at radius 3 is 2.85 bits per heavy atom. The third-order valence-corrected chi connectivity index (χ3v) is 2.96. The van der Waals surface area contributed by atoms with Gasteiger partial charge >= 0.3 is 0 Å². The number of hydrogen-bond acceptors (Lipinski definition) is 4. The minimum Gasteiger partial charge on any atom is -0.465 e. The summed E-state index contributed by atoms with van der Waals surface area (Å²) in [7, 11) is 0. The number of amides is 1.